The lowest BCUT2D eigenvalue weighted by Crippen LogP contribution is -2.53. The molecule has 4 aromatic rings. The van der Waals surface area contributed by atoms with Crippen molar-refractivity contribution in [2.75, 3.05) is 25.5 Å². The molecule has 15 heteroatoms. The lowest BCUT2D eigenvalue weighted by Gasteiger charge is -2.38. The minimum atomic E-state index is -5.08. The number of hydrogen-bond acceptors (Lipinski definition) is 8. The van der Waals surface area contributed by atoms with Crippen LogP contribution in [0.1, 0.15) is 54.9 Å². The summed E-state index contributed by atoms with van der Waals surface area (Å²) >= 11 is 0. The first-order chi connectivity index (χ1) is 22.0. The Morgan fingerprint density at radius 2 is 1.89 bits per heavy atom. The highest BCUT2D eigenvalue weighted by Crippen LogP contribution is 2.44. The van der Waals surface area contributed by atoms with E-state index in [9.17, 15) is 32.3 Å². The van der Waals surface area contributed by atoms with Gasteiger partial charge < -0.3 is 25.8 Å². The van der Waals surface area contributed by atoms with Crippen molar-refractivity contribution in [3.05, 3.63) is 71.4 Å². The molecule has 2 atom stereocenters. The Bertz CT molecular complexity index is 1830. The maximum absolute atomic E-state index is 14.5. The Labute approximate surface area is 267 Å². The maximum atomic E-state index is 14.5. The lowest BCUT2D eigenvalue weighted by molar-refractivity contribution is -0.260. The van der Waals surface area contributed by atoms with Gasteiger partial charge in [-0.2, -0.15) is 18.3 Å². The van der Waals surface area contributed by atoms with Gasteiger partial charge in [0.05, 0.1) is 30.9 Å². The van der Waals surface area contributed by atoms with Gasteiger partial charge in [0.2, 0.25) is 5.91 Å². The lowest BCUT2D eigenvalue weighted by atomic mass is 9.74. The van der Waals surface area contributed by atoms with Gasteiger partial charge in [0.1, 0.15) is 29.3 Å². The highest BCUT2D eigenvalue weighted by atomic mass is 19.4. The number of halogens is 4. The van der Waals surface area contributed by atoms with Crippen LogP contribution in [0.25, 0.3) is 16.7 Å². The first-order valence-corrected chi connectivity index (χ1v) is 14.8. The third kappa shape index (κ3) is 6.57. The second-order valence-electron chi connectivity index (χ2n) is 12.3. The number of likely N-dealkylation sites (tertiary alicyclic amines) is 1. The number of methoxy groups -OCH3 is 1. The van der Waals surface area contributed by atoms with E-state index in [0.717, 1.165) is 12.1 Å². The molecule has 0 radical (unpaired) electrons. The molecule has 1 unspecified atom stereocenters. The van der Waals surface area contributed by atoms with Gasteiger partial charge in [0.15, 0.2) is 11.2 Å². The molecule has 11 nitrogen and oxygen atoms in total. The molecule has 0 aliphatic carbocycles. The topological polar surface area (TPSA) is 148 Å². The monoisotopic (exact) mass is 657 g/mol. The zero-order valence-corrected chi connectivity index (χ0v) is 26.2. The number of aromatic nitrogens is 4. The van der Waals surface area contributed by atoms with Crippen LogP contribution >= 0.6 is 0 Å². The van der Waals surface area contributed by atoms with Crippen LogP contribution in [0.3, 0.4) is 0 Å². The molecule has 0 saturated carbocycles. The largest absolute Gasteiger partial charge is 0.496 e. The molecule has 2 amide bonds. The molecule has 1 fully saturated rings. The van der Waals surface area contributed by atoms with Crippen molar-refractivity contribution in [2.45, 2.75) is 63.3 Å². The molecule has 250 valence electrons. The summed E-state index contributed by atoms with van der Waals surface area (Å²) < 4.78 is 64.4. The Hall–Kier alpha value is -4.79. The predicted octanol–water partition coefficient (Wildman–Crippen LogP) is 4.43. The van der Waals surface area contributed by atoms with Crippen LogP contribution in [0, 0.1) is 12.7 Å². The molecule has 1 aliphatic heterocycles. The van der Waals surface area contributed by atoms with Gasteiger partial charge in [0.25, 0.3) is 5.91 Å². The van der Waals surface area contributed by atoms with Crippen molar-refractivity contribution in [1.29, 1.82) is 0 Å². The number of carbonyl (C=O) groups is 2. The smallest absolute Gasteiger partial charge is 0.418 e. The molecular formula is C32H35F4N7O4. The highest BCUT2D eigenvalue weighted by molar-refractivity contribution is 5.98. The van der Waals surface area contributed by atoms with Gasteiger partial charge in [-0.05, 0) is 68.0 Å². The summed E-state index contributed by atoms with van der Waals surface area (Å²) in [6, 6.07) is 9.34. The number of fused-ring (bicyclic) bond motifs is 1. The fourth-order valence-corrected chi connectivity index (χ4v) is 6.11. The van der Waals surface area contributed by atoms with Crippen molar-refractivity contribution in [2.24, 2.45) is 5.73 Å². The number of nitrogens with two attached hydrogens (primary N) is 1. The van der Waals surface area contributed by atoms with E-state index in [1.165, 1.54) is 42.8 Å². The summed E-state index contributed by atoms with van der Waals surface area (Å²) in [5.74, 6) is -1.21. The normalized spacial score (nSPS) is 16.7. The number of nitrogens with zero attached hydrogens (tertiary/aromatic N) is 5. The number of alkyl halides is 3. The van der Waals surface area contributed by atoms with Crippen molar-refractivity contribution in [3.63, 3.8) is 0 Å². The average molecular weight is 658 g/mol. The Morgan fingerprint density at radius 1 is 1.15 bits per heavy atom. The van der Waals surface area contributed by atoms with E-state index in [4.69, 9.17) is 10.5 Å². The van der Waals surface area contributed by atoms with E-state index < -0.39 is 47.9 Å². The number of primary amides is 1. The Balaban J connectivity index is 1.45. The standard InChI is InChI=1S/C32H35F4N7O4/c1-18-40-27(38-17-31(46,32(34,35)36)16-30(2,3)23-14-20(33)10-11-25(23)47-4)22-15-39-43(28(22)41-18)21-8-5-7-19(13-21)29(45)42-12-6-9-24(42)26(37)44/h5,7-8,10-11,13-15,24,46H,6,9,12,16-17H2,1-4H3,(H2,37,44)(H,38,40,41)/t24-,31?/m0/s1. The highest BCUT2D eigenvalue weighted by Gasteiger charge is 2.56. The number of rotatable bonds is 10. The quantitative estimate of drug-likeness (QED) is 0.212. The summed E-state index contributed by atoms with van der Waals surface area (Å²) in [5.41, 5.74) is 1.96. The minimum absolute atomic E-state index is 0.00355. The number of amides is 2. The zero-order valence-electron chi connectivity index (χ0n) is 26.2. The number of benzene rings is 2. The number of anilines is 1. The molecule has 0 spiro atoms. The summed E-state index contributed by atoms with van der Waals surface area (Å²) in [4.78, 5) is 35.3. The number of aryl methyl sites for hydroxylation is 1. The molecule has 3 heterocycles. The average Bonchev–Trinajstić information content (AvgIpc) is 3.67. The number of aliphatic hydroxyl groups is 1. The summed E-state index contributed by atoms with van der Waals surface area (Å²) in [6.45, 7) is 3.88. The Morgan fingerprint density at radius 3 is 2.57 bits per heavy atom. The maximum Gasteiger partial charge on any atom is 0.418 e. The number of carbonyl (C=O) groups excluding carboxylic acids is 2. The van der Waals surface area contributed by atoms with E-state index in [2.05, 4.69) is 20.4 Å². The van der Waals surface area contributed by atoms with E-state index in [1.54, 1.807) is 31.2 Å². The van der Waals surface area contributed by atoms with Crippen LogP contribution < -0.4 is 15.8 Å². The van der Waals surface area contributed by atoms with E-state index >= 15 is 0 Å². The van der Waals surface area contributed by atoms with Gasteiger partial charge >= 0.3 is 6.18 Å². The van der Waals surface area contributed by atoms with Crippen molar-refractivity contribution >= 4 is 28.7 Å². The number of hydrogen-bond donors (Lipinski definition) is 3. The Kier molecular flexibility index (Phi) is 8.88. The van der Waals surface area contributed by atoms with Crippen LogP contribution in [-0.2, 0) is 10.2 Å². The number of nitrogens with one attached hydrogen (secondary N) is 1. The molecule has 47 heavy (non-hydrogen) atoms. The first kappa shape index (κ1) is 33.6. The van der Waals surface area contributed by atoms with E-state index in [-0.39, 0.29) is 45.5 Å². The second-order valence-corrected chi connectivity index (χ2v) is 12.3. The van der Waals surface area contributed by atoms with Crippen LogP contribution in [-0.4, -0.2) is 79.6 Å². The van der Waals surface area contributed by atoms with E-state index in [1.807, 2.05) is 0 Å². The van der Waals surface area contributed by atoms with Gasteiger partial charge in [-0.3, -0.25) is 9.59 Å². The van der Waals surface area contributed by atoms with Gasteiger partial charge in [-0.15, -0.1) is 0 Å². The summed E-state index contributed by atoms with van der Waals surface area (Å²) in [5, 5.41) is 18.4. The minimum Gasteiger partial charge on any atom is -0.496 e. The molecule has 0 bridgehead atoms. The molecule has 4 N–H and O–H groups in total. The third-order valence-electron chi connectivity index (χ3n) is 8.42. The SMILES string of the molecule is COc1ccc(F)cc1C(C)(C)CC(O)(CNc1nc(C)nc2c1cnn2-c1cccc(C(=O)N2CCC[C@H]2C(N)=O)c1)C(F)(F)F. The van der Waals surface area contributed by atoms with Crippen LogP contribution in [0.5, 0.6) is 5.75 Å². The number of ether oxygens (including phenoxy) is 1. The summed E-state index contributed by atoms with van der Waals surface area (Å²) in [6.07, 6.45) is -3.43. The van der Waals surface area contributed by atoms with Gasteiger partial charge in [0, 0.05) is 17.7 Å². The van der Waals surface area contributed by atoms with Gasteiger partial charge in [-0.1, -0.05) is 19.9 Å². The molecule has 2 aromatic carbocycles. The third-order valence-corrected chi connectivity index (χ3v) is 8.42. The van der Waals surface area contributed by atoms with Crippen LogP contribution in [0.2, 0.25) is 0 Å². The van der Waals surface area contributed by atoms with Gasteiger partial charge in [-0.25, -0.2) is 19.0 Å². The molecule has 1 saturated heterocycles. The van der Waals surface area contributed by atoms with Crippen LogP contribution in [0.15, 0.2) is 48.7 Å². The predicted molar refractivity (Wildman–Crippen MR) is 165 cm³/mol. The van der Waals surface area contributed by atoms with Crippen molar-refractivity contribution in [3.8, 4) is 11.4 Å². The fraction of sp³-hybridized carbons (Fsp3) is 0.406. The second kappa shape index (κ2) is 12.4. The molecule has 5 rings (SSSR count). The zero-order chi connectivity index (χ0) is 34.3. The molecule has 2 aromatic heterocycles. The summed E-state index contributed by atoms with van der Waals surface area (Å²) in [7, 11) is 1.33. The van der Waals surface area contributed by atoms with Crippen LogP contribution in [0.4, 0.5) is 23.4 Å². The molecular weight excluding hydrogens is 622 g/mol. The van der Waals surface area contributed by atoms with E-state index in [0.29, 0.717) is 25.1 Å². The van der Waals surface area contributed by atoms with Crippen molar-refractivity contribution in [1.82, 2.24) is 24.6 Å². The molecule has 1 aliphatic rings. The van der Waals surface area contributed by atoms with Crippen molar-refractivity contribution < 1.29 is 37.0 Å². The first-order valence-electron chi connectivity index (χ1n) is 14.8. The fourth-order valence-electron chi connectivity index (χ4n) is 6.11.